The standard InChI is InChI=1S/C16H29N5O2.HI/c1-17-15(18-4-6-20-7-9-23-10-8-20)21-5-2-3-16(13-21)11-14(22)19-12-16;/h2-13H2,1H3,(H,17,18)(H,19,22);1H. The highest BCUT2D eigenvalue weighted by Gasteiger charge is 2.42. The number of carbonyl (C=O) groups excluding carboxylic acids is 1. The molecular weight excluding hydrogens is 421 g/mol. The van der Waals surface area contributed by atoms with Crippen molar-refractivity contribution in [2.75, 3.05) is 66.1 Å². The Bertz CT molecular complexity index is 456. The highest BCUT2D eigenvalue weighted by atomic mass is 127. The quantitative estimate of drug-likeness (QED) is 0.363. The topological polar surface area (TPSA) is 69.2 Å². The average Bonchev–Trinajstić information content (AvgIpc) is 2.92. The summed E-state index contributed by atoms with van der Waals surface area (Å²) in [7, 11) is 1.84. The molecule has 1 spiro atoms. The van der Waals surface area contributed by atoms with Gasteiger partial charge >= 0.3 is 0 Å². The molecule has 2 N–H and O–H groups in total. The van der Waals surface area contributed by atoms with Crippen LogP contribution in [0.25, 0.3) is 0 Å². The van der Waals surface area contributed by atoms with Crippen molar-refractivity contribution in [2.24, 2.45) is 10.4 Å². The summed E-state index contributed by atoms with van der Waals surface area (Å²) in [6.07, 6.45) is 2.92. The first-order valence-corrected chi connectivity index (χ1v) is 8.73. The molecule has 3 heterocycles. The van der Waals surface area contributed by atoms with E-state index in [9.17, 15) is 4.79 Å². The number of piperidine rings is 1. The smallest absolute Gasteiger partial charge is 0.220 e. The van der Waals surface area contributed by atoms with E-state index in [2.05, 4.69) is 25.4 Å². The molecule has 1 atom stereocenters. The number of nitrogens with one attached hydrogen (secondary N) is 2. The number of aliphatic imine (C=N–C) groups is 1. The van der Waals surface area contributed by atoms with Gasteiger partial charge in [0.25, 0.3) is 0 Å². The molecule has 24 heavy (non-hydrogen) atoms. The first-order valence-electron chi connectivity index (χ1n) is 8.73. The summed E-state index contributed by atoms with van der Waals surface area (Å²) in [6.45, 7) is 8.37. The predicted molar refractivity (Wildman–Crippen MR) is 105 cm³/mol. The van der Waals surface area contributed by atoms with Crippen molar-refractivity contribution in [3.63, 3.8) is 0 Å². The van der Waals surface area contributed by atoms with Gasteiger partial charge in [0.2, 0.25) is 5.91 Å². The van der Waals surface area contributed by atoms with E-state index < -0.39 is 0 Å². The van der Waals surface area contributed by atoms with Crippen molar-refractivity contribution in [3.8, 4) is 0 Å². The van der Waals surface area contributed by atoms with Crippen molar-refractivity contribution in [1.82, 2.24) is 20.4 Å². The fourth-order valence-corrected chi connectivity index (χ4v) is 3.91. The van der Waals surface area contributed by atoms with Gasteiger partial charge in [0.15, 0.2) is 5.96 Å². The Hall–Kier alpha value is -0.610. The number of nitrogens with zero attached hydrogens (tertiary/aromatic N) is 3. The van der Waals surface area contributed by atoms with Crippen molar-refractivity contribution in [3.05, 3.63) is 0 Å². The second-order valence-electron chi connectivity index (χ2n) is 6.91. The van der Waals surface area contributed by atoms with Gasteiger partial charge in [-0.05, 0) is 12.8 Å². The lowest BCUT2D eigenvalue weighted by molar-refractivity contribution is -0.119. The van der Waals surface area contributed by atoms with Crippen LogP contribution in [0, 0.1) is 5.41 Å². The van der Waals surface area contributed by atoms with E-state index in [4.69, 9.17) is 4.74 Å². The zero-order chi connectivity index (χ0) is 16.1. The summed E-state index contributed by atoms with van der Waals surface area (Å²) in [5.74, 6) is 1.17. The van der Waals surface area contributed by atoms with Crippen molar-refractivity contribution in [1.29, 1.82) is 0 Å². The maximum atomic E-state index is 11.6. The minimum absolute atomic E-state index is 0. The van der Waals surface area contributed by atoms with Gasteiger partial charge in [-0.3, -0.25) is 14.7 Å². The van der Waals surface area contributed by atoms with Crippen molar-refractivity contribution < 1.29 is 9.53 Å². The van der Waals surface area contributed by atoms with Gasteiger partial charge in [0, 0.05) is 64.7 Å². The third kappa shape index (κ3) is 4.95. The number of carbonyl (C=O) groups is 1. The average molecular weight is 451 g/mol. The fourth-order valence-electron chi connectivity index (χ4n) is 3.91. The zero-order valence-electron chi connectivity index (χ0n) is 14.6. The highest BCUT2D eigenvalue weighted by Crippen LogP contribution is 2.35. The lowest BCUT2D eigenvalue weighted by Crippen LogP contribution is -2.52. The van der Waals surface area contributed by atoms with Crippen LogP contribution in [0.1, 0.15) is 19.3 Å². The summed E-state index contributed by atoms with van der Waals surface area (Å²) < 4.78 is 5.38. The van der Waals surface area contributed by atoms with Gasteiger partial charge < -0.3 is 20.3 Å². The number of likely N-dealkylation sites (tertiary alicyclic amines) is 1. The van der Waals surface area contributed by atoms with Gasteiger partial charge in [-0.2, -0.15) is 0 Å². The SMILES string of the molecule is CN=C(NCCN1CCOCC1)N1CCCC2(CNC(=O)C2)C1.I. The Morgan fingerprint density at radius 1 is 1.38 bits per heavy atom. The van der Waals surface area contributed by atoms with Crippen molar-refractivity contribution in [2.45, 2.75) is 19.3 Å². The number of guanidine groups is 1. The molecular formula is C16H30IN5O2. The van der Waals surface area contributed by atoms with Crippen LogP contribution in [0.15, 0.2) is 4.99 Å². The van der Waals surface area contributed by atoms with Crippen LogP contribution in [0.4, 0.5) is 0 Å². The Labute approximate surface area is 161 Å². The molecule has 8 heteroatoms. The monoisotopic (exact) mass is 451 g/mol. The van der Waals surface area contributed by atoms with Gasteiger partial charge in [-0.15, -0.1) is 24.0 Å². The Morgan fingerprint density at radius 3 is 2.83 bits per heavy atom. The molecule has 3 fully saturated rings. The second-order valence-corrected chi connectivity index (χ2v) is 6.91. The van der Waals surface area contributed by atoms with E-state index >= 15 is 0 Å². The molecule has 3 rings (SSSR count). The van der Waals surface area contributed by atoms with E-state index in [1.807, 2.05) is 7.05 Å². The van der Waals surface area contributed by atoms with Crippen molar-refractivity contribution >= 4 is 35.8 Å². The van der Waals surface area contributed by atoms with E-state index in [0.717, 1.165) is 77.8 Å². The van der Waals surface area contributed by atoms with Crippen LogP contribution in [-0.4, -0.2) is 87.7 Å². The number of ether oxygens (including phenoxy) is 1. The molecule has 0 aliphatic carbocycles. The molecule has 3 aliphatic rings. The summed E-state index contributed by atoms with van der Waals surface area (Å²) in [5, 5.41) is 6.49. The molecule has 1 amide bonds. The van der Waals surface area contributed by atoms with Gasteiger partial charge in [0.05, 0.1) is 13.2 Å². The summed E-state index contributed by atoms with van der Waals surface area (Å²) >= 11 is 0. The van der Waals surface area contributed by atoms with Crippen LogP contribution in [0.3, 0.4) is 0 Å². The summed E-state index contributed by atoms with van der Waals surface area (Å²) in [6, 6.07) is 0. The lowest BCUT2D eigenvalue weighted by atomic mass is 9.79. The molecule has 0 aromatic heterocycles. The molecule has 3 aliphatic heterocycles. The Kier molecular flexibility index (Phi) is 7.55. The Balaban J connectivity index is 0.00000208. The number of morpholine rings is 1. The number of amides is 1. The largest absolute Gasteiger partial charge is 0.379 e. The van der Waals surface area contributed by atoms with Crippen LogP contribution < -0.4 is 10.6 Å². The van der Waals surface area contributed by atoms with Crippen LogP contribution in [0.2, 0.25) is 0 Å². The molecule has 138 valence electrons. The molecule has 7 nitrogen and oxygen atoms in total. The fraction of sp³-hybridized carbons (Fsp3) is 0.875. The molecule has 0 radical (unpaired) electrons. The minimum atomic E-state index is 0. The number of hydrogen-bond acceptors (Lipinski definition) is 4. The minimum Gasteiger partial charge on any atom is -0.379 e. The van der Waals surface area contributed by atoms with Crippen LogP contribution in [-0.2, 0) is 9.53 Å². The normalized spacial score (nSPS) is 28.6. The zero-order valence-corrected chi connectivity index (χ0v) is 16.9. The lowest BCUT2D eigenvalue weighted by Gasteiger charge is -2.41. The van der Waals surface area contributed by atoms with E-state index in [0.29, 0.717) is 6.42 Å². The van der Waals surface area contributed by atoms with Gasteiger partial charge in [-0.25, -0.2) is 0 Å². The molecule has 1 unspecified atom stereocenters. The maximum absolute atomic E-state index is 11.6. The van der Waals surface area contributed by atoms with Gasteiger partial charge in [-0.1, -0.05) is 0 Å². The Morgan fingerprint density at radius 2 is 2.17 bits per heavy atom. The molecule has 3 saturated heterocycles. The maximum Gasteiger partial charge on any atom is 0.220 e. The number of rotatable bonds is 3. The first kappa shape index (κ1) is 19.7. The third-order valence-corrected chi connectivity index (χ3v) is 5.18. The number of halogens is 1. The van der Waals surface area contributed by atoms with E-state index in [1.165, 1.54) is 0 Å². The highest BCUT2D eigenvalue weighted by molar-refractivity contribution is 14.0. The molecule has 0 aromatic rings. The third-order valence-electron chi connectivity index (χ3n) is 5.18. The first-order chi connectivity index (χ1) is 11.2. The van der Waals surface area contributed by atoms with Crippen LogP contribution in [0.5, 0.6) is 0 Å². The van der Waals surface area contributed by atoms with E-state index in [-0.39, 0.29) is 35.3 Å². The summed E-state index contributed by atoms with van der Waals surface area (Å²) in [4.78, 5) is 20.8. The number of hydrogen-bond donors (Lipinski definition) is 2. The molecule has 0 aromatic carbocycles. The van der Waals surface area contributed by atoms with Gasteiger partial charge in [0.1, 0.15) is 0 Å². The molecule has 0 bridgehead atoms. The summed E-state index contributed by atoms with van der Waals surface area (Å²) in [5.41, 5.74) is 0.108. The molecule has 0 saturated carbocycles. The van der Waals surface area contributed by atoms with Crippen LogP contribution >= 0.6 is 24.0 Å². The predicted octanol–water partition coefficient (Wildman–Crippen LogP) is 0.114. The van der Waals surface area contributed by atoms with E-state index in [1.54, 1.807) is 0 Å². The second kappa shape index (κ2) is 9.19.